The Labute approximate surface area is 168 Å². The first-order valence-corrected chi connectivity index (χ1v) is 8.42. The summed E-state index contributed by atoms with van der Waals surface area (Å²) in [6.07, 6.45) is -3.14. The summed E-state index contributed by atoms with van der Waals surface area (Å²) in [6, 6.07) is 5.98. The third-order valence-corrected chi connectivity index (χ3v) is 3.71. The lowest BCUT2D eigenvalue weighted by Crippen LogP contribution is -2.35. The minimum Gasteiger partial charge on any atom is -0.484 e. The molecular formula is C18H17F3N4O5. The van der Waals surface area contributed by atoms with Gasteiger partial charge in [0.2, 0.25) is 5.91 Å². The zero-order chi connectivity index (χ0) is 22.5. The first-order chi connectivity index (χ1) is 14.0. The van der Waals surface area contributed by atoms with Crippen molar-refractivity contribution in [3.63, 3.8) is 0 Å². The summed E-state index contributed by atoms with van der Waals surface area (Å²) in [6.45, 7) is -0.306. The average molecular weight is 426 g/mol. The standard InChI is InChI=1S/C18H17F3N4O5/c1-11-5-6-22-15(7-11)23-16(26)9-24(2)17(27)13-8-12(30-10-18(19,20)21)3-4-14(13)25(28)29/h3-8H,9-10H2,1-2H3,(H,22,23,26). The number of rotatable bonds is 7. The Morgan fingerprint density at radius 3 is 2.57 bits per heavy atom. The second kappa shape index (κ2) is 9.20. The molecular weight excluding hydrogens is 409 g/mol. The molecule has 30 heavy (non-hydrogen) atoms. The molecule has 9 nitrogen and oxygen atoms in total. The maximum Gasteiger partial charge on any atom is 0.422 e. The topological polar surface area (TPSA) is 115 Å². The summed E-state index contributed by atoms with van der Waals surface area (Å²) < 4.78 is 41.5. The van der Waals surface area contributed by atoms with Gasteiger partial charge in [-0.3, -0.25) is 19.7 Å². The molecule has 1 heterocycles. The number of hydrogen-bond donors (Lipinski definition) is 1. The highest BCUT2D eigenvalue weighted by Gasteiger charge is 2.30. The number of anilines is 1. The Balaban J connectivity index is 2.16. The fraction of sp³-hybridized carbons (Fsp3) is 0.278. The molecule has 2 aromatic rings. The number of hydrogen-bond acceptors (Lipinski definition) is 6. The summed E-state index contributed by atoms with van der Waals surface area (Å²) in [5.41, 5.74) is -0.299. The zero-order valence-electron chi connectivity index (χ0n) is 15.9. The maximum atomic E-state index is 12.6. The largest absolute Gasteiger partial charge is 0.484 e. The van der Waals surface area contributed by atoms with Crippen molar-refractivity contribution < 1.29 is 32.4 Å². The molecule has 0 bridgehead atoms. The Kier molecular flexibility index (Phi) is 6.93. The van der Waals surface area contributed by atoms with E-state index in [1.54, 1.807) is 19.1 Å². The number of nitro benzene ring substituents is 1. The molecule has 12 heteroatoms. The highest BCUT2D eigenvalue weighted by Crippen LogP contribution is 2.26. The van der Waals surface area contributed by atoms with Gasteiger partial charge < -0.3 is 15.0 Å². The number of pyridine rings is 1. The summed E-state index contributed by atoms with van der Waals surface area (Å²) in [5, 5.41) is 13.7. The molecule has 0 unspecified atom stereocenters. The van der Waals surface area contributed by atoms with E-state index >= 15 is 0 Å². The van der Waals surface area contributed by atoms with Crippen LogP contribution in [0.5, 0.6) is 5.75 Å². The van der Waals surface area contributed by atoms with Crippen LogP contribution in [-0.2, 0) is 4.79 Å². The minimum atomic E-state index is -4.62. The fourth-order valence-electron chi connectivity index (χ4n) is 2.38. The molecule has 0 fully saturated rings. The van der Waals surface area contributed by atoms with Crippen LogP contribution >= 0.6 is 0 Å². The number of benzene rings is 1. The first kappa shape index (κ1) is 22.6. The van der Waals surface area contributed by atoms with E-state index in [-0.39, 0.29) is 11.6 Å². The molecule has 0 radical (unpaired) electrons. The highest BCUT2D eigenvalue weighted by molar-refractivity contribution is 6.01. The summed E-state index contributed by atoms with van der Waals surface area (Å²) in [7, 11) is 1.22. The number of ether oxygens (including phenoxy) is 1. The smallest absolute Gasteiger partial charge is 0.422 e. The monoisotopic (exact) mass is 426 g/mol. The summed E-state index contributed by atoms with van der Waals surface area (Å²) in [5.74, 6) is -1.67. The average Bonchev–Trinajstić information content (AvgIpc) is 2.64. The molecule has 0 aliphatic heterocycles. The van der Waals surface area contributed by atoms with E-state index in [0.29, 0.717) is 0 Å². The molecule has 1 aromatic heterocycles. The third-order valence-electron chi connectivity index (χ3n) is 3.71. The number of halogens is 3. The number of likely N-dealkylation sites (N-methyl/N-ethyl adjacent to an activating group) is 1. The number of nitrogens with zero attached hydrogens (tertiary/aromatic N) is 3. The number of nitrogens with one attached hydrogen (secondary N) is 1. The fourth-order valence-corrected chi connectivity index (χ4v) is 2.38. The van der Waals surface area contributed by atoms with Crippen LogP contribution in [0.15, 0.2) is 36.5 Å². The summed E-state index contributed by atoms with van der Waals surface area (Å²) in [4.78, 5) is 39.9. The predicted molar refractivity (Wildman–Crippen MR) is 99.2 cm³/mol. The Bertz CT molecular complexity index is 965. The number of carbonyl (C=O) groups is 2. The van der Waals surface area contributed by atoms with Crippen molar-refractivity contribution in [2.45, 2.75) is 13.1 Å². The first-order valence-electron chi connectivity index (χ1n) is 8.42. The van der Waals surface area contributed by atoms with Gasteiger partial charge in [0.05, 0.1) is 11.5 Å². The molecule has 2 amide bonds. The Morgan fingerprint density at radius 1 is 1.27 bits per heavy atom. The number of aromatic nitrogens is 1. The second-order valence-corrected chi connectivity index (χ2v) is 6.27. The van der Waals surface area contributed by atoms with Crippen LogP contribution in [0.25, 0.3) is 0 Å². The van der Waals surface area contributed by atoms with Crippen LogP contribution in [0, 0.1) is 17.0 Å². The van der Waals surface area contributed by atoms with E-state index in [9.17, 15) is 32.9 Å². The van der Waals surface area contributed by atoms with E-state index < -0.39 is 47.3 Å². The molecule has 1 aromatic carbocycles. The lowest BCUT2D eigenvalue weighted by Gasteiger charge is -2.17. The van der Waals surface area contributed by atoms with Crippen molar-refractivity contribution in [3.8, 4) is 5.75 Å². The lowest BCUT2D eigenvalue weighted by molar-refractivity contribution is -0.385. The van der Waals surface area contributed by atoms with Gasteiger partial charge in [-0.2, -0.15) is 13.2 Å². The summed E-state index contributed by atoms with van der Waals surface area (Å²) >= 11 is 0. The van der Waals surface area contributed by atoms with Crippen LogP contribution in [-0.4, -0.2) is 53.0 Å². The van der Waals surface area contributed by atoms with Crippen molar-refractivity contribution in [1.29, 1.82) is 0 Å². The normalized spacial score (nSPS) is 11.0. The highest BCUT2D eigenvalue weighted by atomic mass is 19.4. The predicted octanol–water partition coefficient (Wildman–Crippen LogP) is 2.95. The van der Waals surface area contributed by atoms with Gasteiger partial charge in [-0.25, -0.2) is 4.98 Å². The van der Waals surface area contributed by atoms with Crippen LogP contribution in [0.2, 0.25) is 0 Å². The molecule has 0 aliphatic carbocycles. The van der Waals surface area contributed by atoms with Crippen molar-refractivity contribution in [1.82, 2.24) is 9.88 Å². The van der Waals surface area contributed by atoms with Crippen LogP contribution in [0.1, 0.15) is 15.9 Å². The van der Waals surface area contributed by atoms with Gasteiger partial charge in [-0.15, -0.1) is 0 Å². The molecule has 0 saturated carbocycles. The van der Waals surface area contributed by atoms with Gasteiger partial charge in [0.1, 0.15) is 17.1 Å². The molecule has 0 aliphatic rings. The van der Waals surface area contributed by atoms with Crippen LogP contribution in [0.3, 0.4) is 0 Å². The van der Waals surface area contributed by atoms with Gasteiger partial charge in [0, 0.05) is 19.3 Å². The maximum absolute atomic E-state index is 12.6. The Hall–Kier alpha value is -3.70. The lowest BCUT2D eigenvalue weighted by atomic mass is 10.1. The van der Waals surface area contributed by atoms with Gasteiger partial charge in [0.25, 0.3) is 11.6 Å². The molecule has 0 saturated heterocycles. The van der Waals surface area contributed by atoms with E-state index in [0.717, 1.165) is 28.7 Å². The SMILES string of the molecule is Cc1ccnc(NC(=O)CN(C)C(=O)c2cc(OCC(F)(F)F)ccc2[N+](=O)[O-])c1. The number of amides is 2. The van der Waals surface area contributed by atoms with E-state index in [1.165, 1.54) is 13.2 Å². The van der Waals surface area contributed by atoms with Crippen LogP contribution < -0.4 is 10.1 Å². The van der Waals surface area contributed by atoms with Crippen molar-refractivity contribution >= 4 is 23.3 Å². The molecule has 160 valence electrons. The van der Waals surface area contributed by atoms with E-state index in [2.05, 4.69) is 15.0 Å². The number of carbonyl (C=O) groups excluding carboxylic acids is 2. The molecule has 1 N–H and O–H groups in total. The Morgan fingerprint density at radius 2 is 1.97 bits per heavy atom. The molecule has 0 spiro atoms. The van der Waals surface area contributed by atoms with Crippen LogP contribution in [0.4, 0.5) is 24.7 Å². The second-order valence-electron chi connectivity index (χ2n) is 6.27. The van der Waals surface area contributed by atoms with E-state index in [1.807, 2.05) is 0 Å². The van der Waals surface area contributed by atoms with Gasteiger partial charge in [-0.1, -0.05) is 0 Å². The number of alkyl halides is 3. The van der Waals surface area contributed by atoms with Crippen molar-refractivity contribution in [3.05, 3.63) is 57.8 Å². The quantitative estimate of drug-likeness (QED) is 0.538. The van der Waals surface area contributed by atoms with Gasteiger partial charge >= 0.3 is 6.18 Å². The van der Waals surface area contributed by atoms with E-state index in [4.69, 9.17) is 0 Å². The molecule has 2 rings (SSSR count). The van der Waals surface area contributed by atoms with Gasteiger partial charge in [0.15, 0.2) is 6.61 Å². The zero-order valence-corrected chi connectivity index (χ0v) is 15.9. The number of aryl methyl sites for hydroxylation is 1. The van der Waals surface area contributed by atoms with Gasteiger partial charge in [-0.05, 0) is 36.8 Å². The van der Waals surface area contributed by atoms with Crippen molar-refractivity contribution in [2.75, 3.05) is 25.5 Å². The number of nitro groups is 1. The van der Waals surface area contributed by atoms with Crippen molar-refractivity contribution in [2.24, 2.45) is 0 Å². The molecule has 0 atom stereocenters. The minimum absolute atomic E-state index is 0.259. The third kappa shape index (κ3) is 6.43.